The molecule has 1 atom stereocenters. The molecule has 9 nitrogen and oxygen atoms in total. The number of nitrogens with zero attached hydrogens (tertiary/aromatic N) is 1. The van der Waals surface area contributed by atoms with Crippen molar-refractivity contribution in [1.29, 1.82) is 0 Å². The second-order valence-corrected chi connectivity index (χ2v) is 9.39. The zero-order chi connectivity index (χ0) is 28.0. The Balaban J connectivity index is 1.78. The summed E-state index contributed by atoms with van der Waals surface area (Å²) in [6, 6.07) is 9.04. The highest BCUT2D eigenvalue weighted by Crippen LogP contribution is 2.28. The van der Waals surface area contributed by atoms with Crippen molar-refractivity contribution < 1.29 is 28.6 Å². The number of carbonyl (C=O) groups excluding carboxylic acids is 2. The summed E-state index contributed by atoms with van der Waals surface area (Å²) in [5.41, 5.74) is 0.713. The van der Waals surface area contributed by atoms with Gasteiger partial charge < -0.3 is 23.6 Å². The number of carbonyl (C=O) groups is 2. The van der Waals surface area contributed by atoms with E-state index in [1.807, 2.05) is 56.7 Å². The maximum Gasteiger partial charge on any atom is 0.410 e. The van der Waals surface area contributed by atoms with Gasteiger partial charge in [-0.05, 0) is 69.5 Å². The SMILES string of the molecule is COC(=O)N/C=C/CCC(C)c1cc(O)c(C(=O)/C(C)=C/c2cc3cc(OC(C)C)ccc3n2C)c(=O)o1. The molecule has 38 heavy (non-hydrogen) atoms. The Bertz CT molecular complexity index is 1440. The molecule has 0 fully saturated rings. The van der Waals surface area contributed by atoms with Crippen LogP contribution in [0.15, 0.2) is 57.4 Å². The number of hydrogen-bond acceptors (Lipinski definition) is 7. The van der Waals surface area contributed by atoms with Crippen LogP contribution in [0, 0.1) is 0 Å². The zero-order valence-electron chi connectivity index (χ0n) is 22.5. The molecule has 0 spiro atoms. The highest BCUT2D eigenvalue weighted by Gasteiger charge is 2.22. The Kier molecular flexibility index (Phi) is 9.17. The number of ether oxygens (including phenoxy) is 2. The number of rotatable bonds is 10. The predicted molar refractivity (Wildman–Crippen MR) is 146 cm³/mol. The number of aryl methyl sites for hydroxylation is 1. The maximum atomic E-state index is 13.1. The molecule has 0 saturated heterocycles. The number of allylic oxidation sites excluding steroid dienone is 2. The van der Waals surface area contributed by atoms with Crippen molar-refractivity contribution in [3.05, 3.63) is 75.6 Å². The highest BCUT2D eigenvalue weighted by molar-refractivity contribution is 6.12. The summed E-state index contributed by atoms with van der Waals surface area (Å²) in [6.07, 6.45) is 5.53. The molecular formula is C29H34N2O7. The number of fused-ring (bicyclic) bond motifs is 1. The van der Waals surface area contributed by atoms with Crippen molar-refractivity contribution in [3.8, 4) is 11.5 Å². The number of Topliss-reactive ketones (excluding diaryl/α,β-unsaturated/α-hetero) is 1. The third-order valence-corrected chi connectivity index (χ3v) is 6.08. The number of amides is 1. The first-order valence-electron chi connectivity index (χ1n) is 12.4. The number of benzene rings is 1. The van der Waals surface area contributed by atoms with E-state index in [1.54, 1.807) is 19.1 Å². The van der Waals surface area contributed by atoms with Crippen LogP contribution >= 0.6 is 0 Å². The van der Waals surface area contributed by atoms with Crippen LogP contribution in [-0.4, -0.2) is 34.8 Å². The van der Waals surface area contributed by atoms with Crippen LogP contribution in [0.25, 0.3) is 17.0 Å². The van der Waals surface area contributed by atoms with Crippen LogP contribution in [0.5, 0.6) is 11.5 Å². The van der Waals surface area contributed by atoms with Crippen LogP contribution in [0.2, 0.25) is 0 Å². The Morgan fingerprint density at radius 3 is 2.58 bits per heavy atom. The van der Waals surface area contributed by atoms with Crippen molar-refractivity contribution in [1.82, 2.24) is 9.88 Å². The molecule has 3 aromatic rings. The minimum Gasteiger partial charge on any atom is -0.507 e. The van der Waals surface area contributed by atoms with E-state index < -0.39 is 28.8 Å². The van der Waals surface area contributed by atoms with Crippen molar-refractivity contribution in [3.63, 3.8) is 0 Å². The molecule has 9 heteroatoms. The minimum absolute atomic E-state index is 0.0521. The Labute approximate surface area is 221 Å². The van der Waals surface area contributed by atoms with E-state index in [4.69, 9.17) is 9.15 Å². The molecule has 0 aliphatic carbocycles. The molecule has 1 amide bonds. The number of nitrogens with one attached hydrogen (secondary N) is 1. The third-order valence-electron chi connectivity index (χ3n) is 6.08. The lowest BCUT2D eigenvalue weighted by atomic mass is 9.99. The second-order valence-electron chi connectivity index (χ2n) is 9.39. The van der Waals surface area contributed by atoms with Gasteiger partial charge in [0.15, 0.2) is 5.78 Å². The lowest BCUT2D eigenvalue weighted by molar-refractivity contribution is 0.102. The van der Waals surface area contributed by atoms with E-state index in [2.05, 4.69) is 10.1 Å². The van der Waals surface area contributed by atoms with E-state index in [-0.39, 0.29) is 23.4 Å². The summed E-state index contributed by atoms with van der Waals surface area (Å²) < 4.78 is 17.6. The summed E-state index contributed by atoms with van der Waals surface area (Å²) in [5.74, 6) is -0.213. The van der Waals surface area contributed by atoms with Crippen LogP contribution in [0.1, 0.15) is 68.3 Å². The maximum absolute atomic E-state index is 13.1. The molecule has 1 unspecified atom stereocenters. The number of hydrogen-bond donors (Lipinski definition) is 2. The standard InChI is InChI=1S/C29H34N2O7/c1-17(2)37-22-10-11-23-20(15-22)14-21(31(23)5)13-19(4)27(33)26-24(32)16-25(38-28(26)34)18(3)9-7-8-12-30-29(35)36-6/h8,10-18,32H,7,9H2,1-6H3,(H,30,35)/b12-8+,19-13+. The Hall–Kier alpha value is -4.27. The average molecular weight is 523 g/mol. The third kappa shape index (κ3) is 6.73. The molecule has 3 rings (SSSR count). The molecule has 2 aromatic heterocycles. The van der Waals surface area contributed by atoms with E-state index in [0.29, 0.717) is 12.8 Å². The molecule has 2 N–H and O–H groups in total. The predicted octanol–water partition coefficient (Wildman–Crippen LogP) is 5.66. The van der Waals surface area contributed by atoms with Crippen molar-refractivity contribution in [2.45, 2.75) is 52.6 Å². The van der Waals surface area contributed by atoms with E-state index >= 15 is 0 Å². The molecule has 0 aliphatic rings. The van der Waals surface area contributed by atoms with Gasteiger partial charge in [0, 0.05) is 41.8 Å². The lowest BCUT2D eigenvalue weighted by Crippen LogP contribution is -2.17. The fraction of sp³-hybridized carbons (Fsp3) is 0.345. The number of methoxy groups -OCH3 is 1. The molecule has 1 aromatic carbocycles. The summed E-state index contributed by atoms with van der Waals surface area (Å²) in [6.45, 7) is 7.35. The zero-order valence-corrected chi connectivity index (χ0v) is 22.5. The fourth-order valence-corrected chi connectivity index (χ4v) is 4.03. The van der Waals surface area contributed by atoms with Crippen molar-refractivity contribution >= 4 is 28.9 Å². The highest BCUT2D eigenvalue weighted by atomic mass is 16.5. The normalized spacial score (nSPS) is 12.8. The molecule has 0 bridgehead atoms. The topological polar surface area (TPSA) is 120 Å². The Morgan fingerprint density at radius 2 is 1.92 bits per heavy atom. The molecule has 0 radical (unpaired) electrons. The Morgan fingerprint density at radius 1 is 1.18 bits per heavy atom. The monoisotopic (exact) mass is 522 g/mol. The lowest BCUT2D eigenvalue weighted by Gasteiger charge is -2.11. The second kappa shape index (κ2) is 12.3. The van der Waals surface area contributed by atoms with Crippen molar-refractivity contribution in [2.24, 2.45) is 7.05 Å². The quantitative estimate of drug-likeness (QED) is 0.260. The van der Waals surface area contributed by atoms with Crippen LogP contribution in [0.4, 0.5) is 4.79 Å². The van der Waals surface area contributed by atoms with Gasteiger partial charge in [-0.3, -0.25) is 10.1 Å². The van der Waals surface area contributed by atoms with Gasteiger partial charge in [0.2, 0.25) is 0 Å². The van der Waals surface area contributed by atoms with E-state index in [1.165, 1.54) is 19.4 Å². The smallest absolute Gasteiger partial charge is 0.410 e. The number of aromatic nitrogens is 1. The average Bonchev–Trinajstić information content (AvgIpc) is 3.16. The van der Waals surface area contributed by atoms with Crippen LogP contribution in [0.3, 0.4) is 0 Å². The van der Waals surface area contributed by atoms with Gasteiger partial charge in [-0.2, -0.15) is 0 Å². The van der Waals surface area contributed by atoms with Crippen LogP contribution in [-0.2, 0) is 11.8 Å². The summed E-state index contributed by atoms with van der Waals surface area (Å²) in [5, 5.41) is 14.0. The van der Waals surface area contributed by atoms with Gasteiger partial charge in [-0.25, -0.2) is 9.59 Å². The molecule has 0 saturated carbocycles. The molecule has 0 aliphatic heterocycles. The molecular weight excluding hydrogens is 488 g/mol. The number of aromatic hydroxyl groups is 1. The van der Waals surface area contributed by atoms with Gasteiger partial charge in [0.1, 0.15) is 22.8 Å². The van der Waals surface area contributed by atoms with Gasteiger partial charge in [-0.15, -0.1) is 0 Å². The van der Waals surface area contributed by atoms with Gasteiger partial charge in [-0.1, -0.05) is 13.0 Å². The fourth-order valence-electron chi connectivity index (χ4n) is 4.03. The van der Waals surface area contributed by atoms with Crippen molar-refractivity contribution in [2.75, 3.05) is 7.11 Å². The summed E-state index contributed by atoms with van der Waals surface area (Å²) in [7, 11) is 3.16. The largest absolute Gasteiger partial charge is 0.507 e. The van der Waals surface area contributed by atoms with Crippen LogP contribution < -0.4 is 15.7 Å². The first-order chi connectivity index (χ1) is 18.0. The first-order valence-corrected chi connectivity index (χ1v) is 12.4. The van der Waals surface area contributed by atoms with E-state index in [0.717, 1.165) is 22.3 Å². The molecule has 2 heterocycles. The van der Waals surface area contributed by atoms with Gasteiger partial charge in [0.25, 0.3) is 0 Å². The summed E-state index contributed by atoms with van der Waals surface area (Å²) in [4.78, 5) is 36.9. The van der Waals surface area contributed by atoms with Gasteiger partial charge >= 0.3 is 11.7 Å². The number of alkyl carbamates (subject to hydrolysis) is 1. The minimum atomic E-state index is -0.889. The van der Waals surface area contributed by atoms with Gasteiger partial charge in [0.05, 0.1) is 13.2 Å². The number of ketones is 1. The molecule has 202 valence electrons. The van der Waals surface area contributed by atoms with E-state index in [9.17, 15) is 19.5 Å². The summed E-state index contributed by atoms with van der Waals surface area (Å²) >= 11 is 0. The first kappa shape index (κ1) is 28.3.